The van der Waals surface area contributed by atoms with Gasteiger partial charge >= 0.3 is 7.60 Å². The lowest BCUT2D eigenvalue weighted by Gasteiger charge is -2.34. The summed E-state index contributed by atoms with van der Waals surface area (Å²) in [6, 6.07) is 0. The van der Waals surface area contributed by atoms with Gasteiger partial charge in [0.25, 0.3) is 0 Å². The lowest BCUT2D eigenvalue weighted by Crippen LogP contribution is -2.36. The lowest BCUT2D eigenvalue weighted by molar-refractivity contribution is 0.0190. The highest BCUT2D eigenvalue weighted by atomic mass is 31.2. The molecule has 1 aliphatic carbocycles. The Morgan fingerprint density at radius 1 is 1.12 bits per heavy atom. The third-order valence-electron chi connectivity index (χ3n) is 2.92. The van der Waals surface area contributed by atoms with Gasteiger partial charge in [-0.15, -0.1) is 0 Å². The van der Waals surface area contributed by atoms with Crippen molar-refractivity contribution in [2.24, 2.45) is 0 Å². The topological polar surface area (TPSA) is 55.8 Å². The zero-order valence-electron chi connectivity index (χ0n) is 10.3. The van der Waals surface area contributed by atoms with Crippen LogP contribution in [0.15, 0.2) is 0 Å². The predicted octanol–water partition coefficient (Wildman–Crippen LogP) is 2.95. The van der Waals surface area contributed by atoms with Gasteiger partial charge < -0.3 is 14.2 Å². The Bertz CT molecular complexity index is 238. The molecule has 96 valence electrons. The summed E-state index contributed by atoms with van der Waals surface area (Å²) in [5.74, 6) is 0. The van der Waals surface area contributed by atoms with E-state index in [2.05, 4.69) is 0 Å². The summed E-state index contributed by atoms with van der Waals surface area (Å²) < 4.78 is 22.7. The van der Waals surface area contributed by atoms with Gasteiger partial charge in [0.15, 0.2) is 0 Å². The molecule has 4 nitrogen and oxygen atoms in total. The number of rotatable bonds is 6. The van der Waals surface area contributed by atoms with Crippen LogP contribution in [-0.2, 0) is 13.6 Å². The van der Waals surface area contributed by atoms with Gasteiger partial charge in [-0.1, -0.05) is 19.3 Å². The molecule has 0 atom stereocenters. The third kappa shape index (κ3) is 4.17. The molecular formula is C11H23O4P. The quantitative estimate of drug-likeness (QED) is 0.736. The summed E-state index contributed by atoms with van der Waals surface area (Å²) in [5.41, 5.74) is -0.849. The minimum absolute atomic E-state index is 0.141. The second-order valence-corrected chi connectivity index (χ2v) is 6.44. The maximum Gasteiger partial charge on any atom is 0.333 e. The molecule has 0 saturated heterocycles. The molecule has 5 heteroatoms. The van der Waals surface area contributed by atoms with Crippen LogP contribution in [0, 0.1) is 0 Å². The van der Waals surface area contributed by atoms with E-state index in [4.69, 9.17) is 9.05 Å². The van der Waals surface area contributed by atoms with Gasteiger partial charge in [0.2, 0.25) is 0 Å². The molecule has 16 heavy (non-hydrogen) atoms. The smallest absolute Gasteiger partial charge is 0.333 e. The van der Waals surface area contributed by atoms with E-state index >= 15 is 0 Å². The number of hydrogen-bond acceptors (Lipinski definition) is 4. The van der Waals surface area contributed by atoms with Crippen molar-refractivity contribution in [3.05, 3.63) is 0 Å². The standard InChI is InChI=1S/C11H23O4P/c1-3-14-16(13,15-4-2)10-11(12)8-6-5-7-9-11/h12H,3-10H2,1-2H3. The van der Waals surface area contributed by atoms with Crippen LogP contribution in [0.1, 0.15) is 46.0 Å². The first-order chi connectivity index (χ1) is 7.54. The van der Waals surface area contributed by atoms with E-state index in [1.54, 1.807) is 13.8 Å². The van der Waals surface area contributed by atoms with Crippen LogP contribution in [0.25, 0.3) is 0 Å². The van der Waals surface area contributed by atoms with E-state index in [9.17, 15) is 9.67 Å². The Balaban J connectivity index is 2.62. The van der Waals surface area contributed by atoms with Crippen LogP contribution in [0.4, 0.5) is 0 Å². The Morgan fingerprint density at radius 2 is 1.62 bits per heavy atom. The van der Waals surface area contributed by atoms with Gasteiger partial charge in [0.05, 0.1) is 25.0 Å². The van der Waals surface area contributed by atoms with Crippen LogP contribution < -0.4 is 0 Å². The molecule has 1 aliphatic rings. The van der Waals surface area contributed by atoms with E-state index in [0.717, 1.165) is 19.3 Å². The van der Waals surface area contributed by atoms with E-state index in [0.29, 0.717) is 26.1 Å². The Labute approximate surface area is 97.9 Å². The molecule has 1 rings (SSSR count). The van der Waals surface area contributed by atoms with Crippen molar-refractivity contribution in [3.63, 3.8) is 0 Å². The van der Waals surface area contributed by atoms with Crippen molar-refractivity contribution in [2.45, 2.75) is 51.6 Å². The minimum Gasteiger partial charge on any atom is -0.389 e. The molecular weight excluding hydrogens is 227 g/mol. The van der Waals surface area contributed by atoms with Crippen molar-refractivity contribution in [1.29, 1.82) is 0 Å². The van der Waals surface area contributed by atoms with Gasteiger partial charge in [0.1, 0.15) is 0 Å². The van der Waals surface area contributed by atoms with Crippen molar-refractivity contribution in [3.8, 4) is 0 Å². The van der Waals surface area contributed by atoms with Gasteiger partial charge in [-0.25, -0.2) is 0 Å². The average molecular weight is 250 g/mol. The van der Waals surface area contributed by atoms with E-state index in [1.807, 2.05) is 0 Å². The third-order valence-corrected chi connectivity index (χ3v) is 5.20. The van der Waals surface area contributed by atoms with Gasteiger partial charge in [-0.3, -0.25) is 4.57 Å². The highest BCUT2D eigenvalue weighted by Crippen LogP contribution is 2.52. The fourth-order valence-electron chi connectivity index (χ4n) is 2.25. The lowest BCUT2D eigenvalue weighted by atomic mass is 9.86. The fraction of sp³-hybridized carbons (Fsp3) is 1.00. The van der Waals surface area contributed by atoms with Crippen molar-refractivity contribution >= 4 is 7.60 Å². The molecule has 0 spiro atoms. The van der Waals surface area contributed by atoms with Gasteiger partial charge in [-0.05, 0) is 26.7 Å². The zero-order chi connectivity index (χ0) is 12.1. The molecule has 0 unspecified atom stereocenters. The van der Waals surface area contributed by atoms with Crippen LogP contribution in [0.2, 0.25) is 0 Å². The second kappa shape index (κ2) is 6.15. The van der Waals surface area contributed by atoms with Crippen molar-refractivity contribution < 1.29 is 18.7 Å². The highest BCUT2D eigenvalue weighted by Gasteiger charge is 2.39. The molecule has 0 aromatic carbocycles. The molecule has 0 aromatic rings. The molecule has 0 aliphatic heterocycles. The van der Waals surface area contributed by atoms with E-state index in [-0.39, 0.29) is 6.16 Å². The SMILES string of the molecule is CCOP(=O)(CC1(O)CCCCC1)OCC. The first kappa shape index (κ1) is 14.2. The number of aliphatic hydroxyl groups is 1. The summed E-state index contributed by atoms with van der Waals surface area (Å²) in [6.07, 6.45) is 4.69. The Morgan fingerprint density at radius 3 is 2.06 bits per heavy atom. The maximum absolute atomic E-state index is 12.3. The predicted molar refractivity (Wildman–Crippen MR) is 63.8 cm³/mol. The molecule has 1 saturated carbocycles. The van der Waals surface area contributed by atoms with Crippen LogP contribution >= 0.6 is 7.60 Å². The molecule has 0 bridgehead atoms. The Kier molecular flexibility index (Phi) is 5.45. The fourth-order valence-corrected chi connectivity index (χ4v) is 4.33. The molecule has 1 fully saturated rings. The Hall–Kier alpha value is 0.110. The van der Waals surface area contributed by atoms with Crippen molar-refractivity contribution in [1.82, 2.24) is 0 Å². The van der Waals surface area contributed by atoms with Crippen LogP contribution in [-0.4, -0.2) is 30.1 Å². The van der Waals surface area contributed by atoms with E-state index < -0.39 is 13.2 Å². The molecule has 0 amide bonds. The summed E-state index contributed by atoms with van der Waals surface area (Å²) in [4.78, 5) is 0. The monoisotopic (exact) mass is 250 g/mol. The second-order valence-electron chi connectivity index (χ2n) is 4.39. The average Bonchev–Trinajstić information content (AvgIpc) is 2.17. The van der Waals surface area contributed by atoms with Crippen LogP contribution in [0.3, 0.4) is 0 Å². The summed E-state index contributed by atoms with van der Waals surface area (Å²) in [6.45, 7) is 4.29. The van der Waals surface area contributed by atoms with Gasteiger partial charge in [0, 0.05) is 0 Å². The molecule has 0 aromatic heterocycles. The summed E-state index contributed by atoms with van der Waals surface area (Å²) in [7, 11) is -3.10. The maximum atomic E-state index is 12.3. The van der Waals surface area contributed by atoms with E-state index in [1.165, 1.54) is 0 Å². The highest BCUT2D eigenvalue weighted by molar-refractivity contribution is 7.53. The number of hydrogen-bond donors (Lipinski definition) is 1. The normalized spacial score (nSPS) is 20.9. The van der Waals surface area contributed by atoms with Crippen LogP contribution in [0.5, 0.6) is 0 Å². The molecule has 0 radical (unpaired) electrons. The first-order valence-corrected chi connectivity index (χ1v) is 7.87. The molecule has 0 heterocycles. The summed E-state index contributed by atoms with van der Waals surface area (Å²) in [5, 5.41) is 10.3. The summed E-state index contributed by atoms with van der Waals surface area (Å²) >= 11 is 0. The molecule has 1 N–H and O–H groups in total. The van der Waals surface area contributed by atoms with Gasteiger partial charge in [-0.2, -0.15) is 0 Å². The first-order valence-electron chi connectivity index (χ1n) is 6.14. The largest absolute Gasteiger partial charge is 0.389 e. The van der Waals surface area contributed by atoms with Crippen molar-refractivity contribution in [2.75, 3.05) is 19.4 Å². The minimum atomic E-state index is -3.10. The zero-order valence-corrected chi connectivity index (χ0v) is 11.2.